The molecule has 0 atom stereocenters. The number of Topliss-reactive ketones (excluding diaryl/α,β-unsaturated/α-hetero) is 1. The summed E-state index contributed by atoms with van der Waals surface area (Å²) < 4.78 is 16.0. The van der Waals surface area contributed by atoms with E-state index in [2.05, 4.69) is 30.2 Å². The molecule has 0 spiro atoms. The number of piperazine rings is 1. The molecule has 1 aliphatic heterocycles. The van der Waals surface area contributed by atoms with Crippen molar-refractivity contribution in [2.75, 3.05) is 31.1 Å². The Balaban J connectivity index is 1.38. The Labute approximate surface area is 181 Å². The summed E-state index contributed by atoms with van der Waals surface area (Å²) in [6.45, 7) is 3.84. The number of nitrogens with one attached hydrogen (secondary N) is 1. The van der Waals surface area contributed by atoms with E-state index in [1.807, 2.05) is 19.1 Å². The van der Waals surface area contributed by atoms with Crippen LogP contribution in [0.15, 0.2) is 43.1 Å². The number of amides is 1. The van der Waals surface area contributed by atoms with Gasteiger partial charge in [0.1, 0.15) is 5.82 Å². The average Bonchev–Trinajstić information content (AvgIpc) is 3.50. The molecule has 32 heavy (non-hydrogen) atoms. The van der Waals surface area contributed by atoms with Crippen molar-refractivity contribution in [3.05, 3.63) is 60.1 Å². The van der Waals surface area contributed by atoms with Crippen molar-refractivity contribution in [2.24, 2.45) is 0 Å². The summed E-state index contributed by atoms with van der Waals surface area (Å²) in [7, 11) is 0. The summed E-state index contributed by atoms with van der Waals surface area (Å²) in [6, 6.07) is 3.86. The highest BCUT2D eigenvalue weighted by atomic mass is 19.1. The monoisotopic (exact) mass is 434 g/mol. The van der Waals surface area contributed by atoms with E-state index >= 15 is 0 Å². The Morgan fingerprint density at radius 3 is 2.62 bits per heavy atom. The van der Waals surface area contributed by atoms with Crippen LogP contribution in [0.25, 0.3) is 16.7 Å². The van der Waals surface area contributed by atoms with E-state index in [9.17, 15) is 14.0 Å². The zero-order chi connectivity index (χ0) is 22.2. The van der Waals surface area contributed by atoms with Gasteiger partial charge in [-0.2, -0.15) is 0 Å². The standard InChI is InChI=1S/C21H19FN8O2/c1-13-3-2-4-23-19(13)28-7-9-29(10-8-28)21(32)18(31)14-11-24-17-16(14)15(22)12-25-20(17)30-6-5-26-27-30/h2-6,11-12,24H,7-10H2,1H3. The first-order chi connectivity index (χ1) is 15.5. The quantitative estimate of drug-likeness (QED) is 0.383. The van der Waals surface area contributed by atoms with Crippen LogP contribution in [0.2, 0.25) is 0 Å². The van der Waals surface area contributed by atoms with E-state index in [0.29, 0.717) is 26.2 Å². The van der Waals surface area contributed by atoms with E-state index < -0.39 is 17.5 Å². The van der Waals surface area contributed by atoms with E-state index in [1.54, 1.807) is 12.4 Å². The van der Waals surface area contributed by atoms with Gasteiger partial charge in [-0.3, -0.25) is 9.59 Å². The Morgan fingerprint density at radius 1 is 1.09 bits per heavy atom. The fraction of sp³-hybridized carbons (Fsp3) is 0.238. The van der Waals surface area contributed by atoms with Crippen LogP contribution in [0.4, 0.5) is 10.2 Å². The number of hydrogen-bond donors (Lipinski definition) is 1. The number of aromatic nitrogens is 6. The predicted octanol–water partition coefficient (Wildman–Crippen LogP) is 1.52. The number of aryl methyl sites for hydroxylation is 1. The molecule has 11 heteroatoms. The number of ketones is 1. The number of aromatic amines is 1. The third-order valence-electron chi connectivity index (χ3n) is 5.57. The highest BCUT2D eigenvalue weighted by Gasteiger charge is 2.30. The van der Waals surface area contributed by atoms with Gasteiger partial charge in [0.2, 0.25) is 0 Å². The van der Waals surface area contributed by atoms with Crippen LogP contribution in [0, 0.1) is 12.7 Å². The van der Waals surface area contributed by atoms with Crippen molar-refractivity contribution in [3.63, 3.8) is 0 Å². The molecule has 1 saturated heterocycles. The number of H-pyrrole nitrogens is 1. The molecule has 5 heterocycles. The molecule has 0 aromatic carbocycles. The number of hydrogen-bond acceptors (Lipinski definition) is 7. The van der Waals surface area contributed by atoms with Crippen LogP contribution < -0.4 is 4.90 Å². The predicted molar refractivity (Wildman–Crippen MR) is 113 cm³/mol. The maximum absolute atomic E-state index is 14.6. The second kappa shape index (κ2) is 7.84. The molecule has 0 bridgehead atoms. The lowest BCUT2D eigenvalue weighted by Crippen LogP contribution is -2.51. The number of fused-ring (bicyclic) bond motifs is 1. The molecule has 1 amide bonds. The highest BCUT2D eigenvalue weighted by Crippen LogP contribution is 2.26. The average molecular weight is 434 g/mol. The van der Waals surface area contributed by atoms with E-state index in [-0.39, 0.29) is 22.3 Å². The van der Waals surface area contributed by atoms with E-state index in [0.717, 1.165) is 17.6 Å². The van der Waals surface area contributed by atoms with Gasteiger partial charge >= 0.3 is 0 Å². The minimum atomic E-state index is -0.770. The fourth-order valence-corrected chi connectivity index (χ4v) is 3.96. The smallest absolute Gasteiger partial charge is 0.295 e. The number of anilines is 1. The molecule has 0 radical (unpaired) electrons. The molecular weight excluding hydrogens is 415 g/mol. The molecule has 0 saturated carbocycles. The number of carbonyl (C=O) groups excluding carboxylic acids is 2. The minimum Gasteiger partial charge on any atom is -0.357 e. The van der Waals surface area contributed by atoms with Gasteiger partial charge in [0, 0.05) is 38.6 Å². The fourth-order valence-electron chi connectivity index (χ4n) is 3.96. The number of rotatable bonds is 4. The van der Waals surface area contributed by atoms with Crippen LogP contribution in [-0.4, -0.2) is 72.7 Å². The third-order valence-corrected chi connectivity index (χ3v) is 5.57. The lowest BCUT2D eigenvalue weighted by atomic mass is 10.1. The second-order valence-corrected chi connectivity index (χ2v) is 7.48. The molecule has 4 aromatic heterocycles. The second-order valence-electron chi connectivity index (χ2n) is 7.48. The molecular formula is C21H19FN8O2. The van der Waals surface area contributed by atoms with E-state index in [1.165, 1.54) is 22.0 Å². The molecule has 1 fully saturated rings. The Kier molecular flexibility index (Phi) is 4.85. The lowest BCUT2D eigenvalue weighted by molar-refractivity contribution is -0.126. The minimum absolute atomic E-state index is 0.00611. The van der Waals surface area contributed by atoms with Crippen LogP contribution in [0.3, 0.4) is 0 Å². The van der Waals surface area contributed by atoms with Crippen molar-refractivity contribution >= 4 is 28.4 Å². The Hall–Kier alpha value is -4.15. The van der Waals surface area contributed by atoms with Crippen molar-refractivity contribution in [1.82, 2.24) is 34.8 Å². The third kappa shape index (κ3) is 3.27. The van der Waals surface area contributed by atoms with Crippen molar-refractivity contribution in [2.45, 2.75) is 6.92 Å². The van der Waals surface area contributed by atoms with Crippen LogP contribution in [0.5, 0.6) is 0 Å². The van der Waals surface area contributed by atoms with Crippen molar-refractivity contribution < 1.29 is 14.0 Å². The first-order valence-electron chi connectivity index (χ1n) is 10.1. The van der Waals surface area contributed by atoms with Crippen molar-refractivity contribution in [3.8, 4) is 5.82 Å². The first kappa shape index (κ1) is 19.8. The normalized spacial score (nSPS) is 14.2. The van der Waals surface area contributed by atoms with Gasteiger partial charge in [-0.25, -0.2) is 19.0 Å². The van der Waals surface area contributed by atoms with Gasteiger partial charge in [0.25, 0.3) is 11.7 Å². The van der Waals surface area contributed by atoms with Crippen LogP contribution in [-0.2, 0) is 4.79 Å². The Bertz CT molecular complexity index is 1310. The van der Waals surface area contributed by atoms with Gasteiger partial charge in [0.05, 0.1) is 35.1 Å². The summed E-state index contributed by atoms with van der Waals surface area (Å²) in [5, 5.41) is 7.59. The molecule has 0 unspecified atom stereocenters. The Morgan fingerprint density at radius 2 is 1.91 bits per heavy atom. The topological polar surface area (TPSA) is 113 Å². The summed E-state index contributed by atoms with van der Waals surface area (Å²) in [4.78, 5) is 40.8. The summed E-state index contributed by atoms with van der Waals surface area (Å²) in [5.74, 6) is -0.977. The molecule has 10 nitrogen and oxygen atoms in total. The summed E-state index contributed by atoms with van der Waals surface area (Å²) >= 11 is 0. The largest absolute Gasteiger partial charge is 0.357 e. The zero-order valence-corrected chi connectivity index (χ0v) is 17.2. The maximum Gasteiger partial charge on any atom is 0.295 e. The molecule has 162 valence electrons. The first-order valence-corrected chi connectivity index (χ1v) is 10.1. The van der Waals surface area contributed by atoms with Gasteiger partial charge in [0.15, 0.2) is 11.6 Å². The number of halogens is 1. The molecule has 0 aliphatic carbocycles. The van der Waals surface area contributed by atoms with Gasteiger partial charge in [-0.15, -0.1) is 5.10 Å². The summed E-state index contributed by atoms with van der Waals surface area (Å²) in [5.41, 5.74) is 1.28. The number of pyridine rings is 2. The molecule has 1 N–H and O–H groups in total. The van der Waals surface area contributed by atoms with Gasteiger partial charge < -0.3 is 14.8 Å². The molecule has 4 aromatic rings. The van der Waals surface area contributed by atoms with Crippen LogP contribution >= 0.6 is 0 Å². The zero-order valence-electron chi connectivity index (χ0n) is 17.2. The number of carbonyl (C=O) groups is 2. The maximum atomic E-state index is 14.6. The van der Waals surface area contributed by atoms with Gasteiger partial charge in [-0.05, 0) is 18.6 Å². The van der Waals surface area contributed by atoms with Gasteiger partial charge in [-0.1, -0.05) is 11.3 Å². The highest BCUT2D eigenvalue weighted by molar-refractivity contribution is 6.45. The molecule has 5 rings (SSSR count). The van der Waals surface area contributed by atoms with E-state index in [4.69, 9.17) is 0 Å². The van der Waals surface area contributed by atoms with Crippen LogP contribution in [0.1, 0.15) is 15.9 Å². The molecule has 1 aliphatic rings. The SMILES string of the molecule is Cc1cccnc1N1CCN(C(=O)C(=O)c2c[nH]c3c(-n4ccnn4)ncc(F)c23)CC1. The number of nitrogens with zero attached hydrogens (tertiary/aromatic N) is 7. The summed E-state index contributed by atoms with van der Waals surface area (Å²) in [6.07, 6.45) is 7.08. The lowest BCUT2D eigenvalue weighted by Gasteiger charge is -2.35. The van der Waals surface area contributed by atoms with Crippen molar-refractivity contribution in [1.29, 1.82) is 0 Å².